The molecule has 106 valence electrons. The van der Waals surface area contributed by atoms with Gasteiger partial charge in [-0.1, -0.05) is 17.7 Å². The maximum atomic E-state index is 10.9. The van der Waals surface area contributed by atoms with Crippen LogP contribution >= 0.6 is 11.6 Å². The summed E-state index contributed by atoms with van der Waals surface area (Å²) in [5.41, 5.74) is 0.273. The normalized spacial score (nSPS) is 9.76. The molecule has 0 fully saturated rings. The van der Waals surface area contributed by atoms with Crippen LogP contribution in [-0.2, 0) is 0 Å². The molecule has 2 rings (SSSR count). The zero-order valence-electron chi connectivity index (χ0n) is 11.0. The molecule has 0 atom stereocenters. The Balaban J connectivity index is 2.43. The molecule has 0 bridgehead atoms. The van der Waals surface area contributed by atoms with Crippen LogP contribution in [0.3, 0.4) is 0 Å². The number of benzene rings is 2. The van der Waals surface area contributed by atoms with Gasteiger partial charge in [0.05, 0.1) is 17.7 Å². The molecule has 0 aliphatic heterocycles. The maximum Gasteiger partial charge on any atom is 0.335 e. The maximum absolute atomic E-state index is 10.9. The number of hydrogen-bond acceptors (Lipinski definition) is 4. The lowest BCUT2D eigenvalue weighted by Gasteiger charge is -2.12. The first-order valence-corrected chi connectivity index (χ1v) is 6.22. The first-order chi connectivity index (χ1) is 10.1. The third-order valence-corrected chi connectivity index (χ3v) is 3.03. The number of nitrogens with zero attached hydrogens (tertiary/aromatic N) is 1. The lowest BCUT2D eigenvalue weighted by atomic mass is 10.2. The van der Waals surface area contributed by atoms with E-state index in [0.717, 1.165) is 0 Å². The Morgan fingerprint density at radius 2 is 2.00 bits per heavy atom. The van der Waals surface area contributed by atoms with Crippen molar-refractivity contribution in [2.75, 3.05) is 7.11 Å². The molecule has 0 aromatic heterocycles. The molecule has 6 heteroatoms. The van der Waals surface area contributed by atoms with Crippen LogP contribution in [0.2, 0.25) is 5.02 Å². The van der Waals surface area contributed by atoms with Crippen LogP contribution in [0.15, 0.2) is 36.4 Å². The molecule has 0 spiro atoms. The highest BCUT2D eigenvalue weighted by molar-refractivity contribution is 6.31. The minimum Gasteiger partial charge on any atom is -0.493 e. The summed E-state index contributed by atoms with van der Waals surface area (Å²) in [6.45, 7) is 0. The van der Waals surface area contributed by atoms with E-state index in [2.05, 4.69) is 0 Å². The first-order valence-electron chi connectivity index (χ1n) is 5.84. The smallest absolute Gasteiger partial charge is 0.335 e. The Kier molecular flexibility index (Phi) is 4.31. The van der Waals surface area contributed by atoms with Gasteiger partial charge in [0.1, 0.15) is 17.4 Å². The molecule has 0 unspecified atom stereocenters. The fourth-order valence-corrected chi connectivity index (χ4v) is 1.91. The number of ether oxygens (including phenoxy) is 2. The molecule has 0 aliphatic carbocycles. The molecule has 2 aromatic carbocycles. The molecule has 0 heterocycles. The minimum atomic E-state index is -1.07. The molecule has 0 saturated heterocycles. The molecule has 21 heavy (non-hydrogen) atoms. The van der Waals surface area contributed by atoms with Crippen LogP contribution in [-0.4, -0.2) is 18.2 Å². The average Bonchev–Trinajstić information content (AvgIpc) is 2.47. The highest BCUT2D eigenvalue weighted by atomic mass is 35.5. The summed E-state index contributed by atoms with van der Waals surface area (Å²) in [7, 11) is 1.40. The van der Waals surface area contributed by atoms with Crippen molar-refractivity contribution in [2.45, 2.75) is 0 Å². The van der Waals surface area contributed by atoms with Gasteiger partial charge in [0.25, 0.3) is 0 Å². The molecule has 0 saturated carbocycles. The fourth-order valence-electron chi connectivity index (χ4n) is 1.70. The highest BCUT2D eigenvalue weighted by Gasteiger charge is 2.14. The minimum absolute atomic E-state index is 0.0748. The number of carboxylic acids is 1. The van der Waals surface area contributed by atoms with Gasteiger partial charge in [0.2, 0.25) is 0 Å². The number of methoxy groups -OCH3 is 1. The fraction of sp³-hybridized carbons (Fsp3) is 0.0667. The predicted molar refractivity (Wildman–Crippen MR) is 76.2 cm³/mol. The topological polar surface area (TPSA) is 79.6 Å². The van der Waals surface area contributed by atoms with Crippen LogP contribution in [0.5, 0.6) is 17.2 Å². The van der Waals surface area contributed by atoms with E-state index in [1.54, 1.807) is 18.2 Å². The quantitative estimate of drug-likeness (QED) is 0.931. The van der Waals surface area contributed by atoms with Crippen LogP contribution in [0, 0.1) is 11.3 Å². The summed E-state index contributed by atoms with van der Waals surface area (Å²) in [5, 5.41) is 18.3. The van der Waals surface area contributed by atoms with Gasteiger partial charge in [-0.05, 0) is 30.3 Å². The van der Waals surface area contributed by atoms with E-state index >= 15 is 0 Å². The number of carboxylic acid groups (broad SMARTS) is 1. The van der Waals surface area contributed by atoms with Crippen molar-refractivity contribution in [1.82, 2.24) is 0 Å². The van der Waals surface area contributed by atoms with Crippen molar-refractivity contribution in [2.24, 2.45) is 0 Å². The number of nitriles is 1. The molecule has 2 aromatic rings. The van der Waals surface area contributed by atoms with E-state index in [0.29, 0.717) is 5.75 Å². The monoisotopic (exact) mass is 303 g/mol. The Hall–Kier alpha value is -2.71. The summed E-state index contributed by atoms with van der Waals surface area (Å²) in [5.74, 6) is -0.258. The van der Waals surface area contributed by atoms with E-state index < -0.39 is 5.97 Å². The van der Waals surface area contributed by atoms with Crippen LogP contribution < -0.4 is 9.47 Å². The lowest BCUT2D eigenvalue weighted by molar-refractivity contribution is 0.0696. The van der Waals surface area contributed by atoms with Crippen molar-refractivity contribution in [1.29, 1.82) is 5.26 Å². The van der Waals surface area contributed by atoms with E-state index in [-0.39, 0.29) is 27.6 Å². The van der Waals surface area contributed by atoms with E-state index in [1.807, 2.05) is 6.07 Å². The van der Waals surface area contributed by atoms with Gasteiger partial charge in [-0.2, -0.15) is 5.26 Å². The van der Waals surface area contributed by atoms with Crippen molar-refractivity contribution in [3.05, 3.63) is 52.5 Å². The number of rotatable bonds is 4. The average molecular weight is 304 g/mol. The van der Waals surface area contributed by atoms with Crippen molar-refractivity contribution in [3.63, 3.8) is 0 Å². The molecule has 0 aliphatic rings. The lowest BCUT2D eigenvalue weighted by Crippen LogP contribution is -1.98. The Morgan fingerprint density at radius 3 is 2.62 bits per heavy atom. The number of hydrogen-bond donors (Lipinski definition) is 1. The second kappa shape index (κ2) is 6.16. The summed E-state index contributed by atoms with van der Waals surface area (Å²) in [6.07, 6.45) is 0. The van der Waals surface area contributed by atoms with E-state index in [9.17, 15) is 4.79 Å². The Labute approximate surface area is 125 Å². The Bertz CT molecular complexity index is 737. The SMILES string of the molecule is COc1cc(C(=O)O)ccc1Oc1cccc(Cl)c1C#N. The molecular weight excluding hydrogens is 294 g/mol. The van der Waals surface area contributed by atoms with Crippen LogP contribution in [0.1, 0.15) is 15.9 Å². The second-order valence-corrected chi connectivity index (χ2v) is 4.40. The van der Waals surface area contributed by atoms with Crippen LogP contribution in [0.25, 0.3) is 0 Å². The third-order valence-electron chi connectivity index (χ3n) is 2.72. The zero-order valence-corrected chi connectivity index (χ0v) is 11.7. The van der Waals surface area contributed by atoms with E-state index in [4.69, 9.17) is 31.4 Å². The number of halogens is 1. The molecule has 0 radical (unpaired) electrons. The second-order valence-electron chi connectivity index (χ2n) is 4.00. The van der Waals surface area contributed by atoms with Crippen molar-refractivity contribution in [3.8, 4) is 23.3 Å². The molecular formula is C15H10ClNO4. The highest BCUT2D eigenvalue weighted by Crippen LogP contribution is 2.35. The van der Waals surface area contributed by atoms with Crippen LogP contribution in [0.4, 0.5) is 0 Å². The standard InChI is InChI=1S/C15H10ClNO4/c1-20-14-7-9(15(18)19)5-6-13(14)21-12-4-2-3-11(16)10(12)8-17/h2-7H,1H3,(H,18,19). The van der Waals surface area contributed by atoms with Gasteiger partial charge in [-0.25, -0.2) is 4.79 Å². The van der Waals surface area contributed by atoms with Crippen molar-refractivity contribution < 1.29 is 19.4 Å². The summed E-state index contributed by atoms with van der Waals surface area (Å²) < 4.78 is 10.7. The van der Waals surface area contributed by atoms with Gasteiger partial charge in [0, 0.05) is 0 Å². The largest absolute Gasteiger partial charge is 0.493 e. The van der Waals surface area contributed by atoms with Gasteiger partial charge >= 0.3 is 5.97 Å². The first kappa shape index (κ1) is 14.7. The number of carbonyl (C=O) groups is 1. The summed E-state index contributed by atoms with van der Waals surface area (Å²) in [4.78, 5) is 10.9. The molecule has 5 nitrogen and oxygen atoms in total. The summed E-state index contributed by atoms with van der Waals surface area (Å²) >= 11 is 5.92. The van der Waals surface area contributed by atoms with Gasteiger partial charge < -0.3 is 14.6 Å². The number of aromatic carboxylic acids is 1. The zero-order chi connectivity index (χ0) is 15.4. The molecule has 1 N–H and O–H groups in total. The van der Waals surface area contributed by atoms with Gasteiger partial charge in [-0.15, -0.1) is 0 Å². The predicted octanol–water partition coefficient (Wildman–Crippen LogP) is 3.71. The van der Waals surface area contributed by atoms with E-state index in [1.165, 1.54) is 25.3 Å². The molecule has 0 amide bonds. The third kappa shape index (κ3) is 3.07. The summed E-state index contributed by atoms with van der Waals surface area (Å²) in [6, 6.07) is 11.0. The van der Waals surface area contributed by atoms with Crippen molar-refractivity contribution >= 4 is 17.6 Å². The van der Waals surface area contributed by atoms with Gasteiger partial charge in [-0.3, -0.25) is 0 Å². The Morgan fingerprint density at radius 1 is 1.24 bits per heavy atom. The van der Waals surface area contributed by atoms with Gasteiger partial charge in [0.15, 0.2) is 11.5 Å².